The van der Waals surface area contributed by atoms with Gasteiger partial charge in [0.25, 0.3) is 0 Å². The number of aromatic nitrogens is 1. The Kier molecular flexibility index (Phi) is 2.57. The number of pyridine rings is 1. The molecule has 1 aliphatic rings. The van der Waals surface area contributed by atoms with Crippen LogP contribution in [-0.4, -0.2) is 16.5 Å². The predicted octanol–water partition coefficient (Wildman–Crippen LogP) is 1.48. The van der Waals surface area contributed by atoms with Gasteiger partial charge >= 0.3 is 0 Å². The van der Waals surface area contributed by atoms with Crippen LogP contribution in [0, 0.1) is 0 Å². The van der Waals surface area contributed by atoms with E-state index in [1.165, 1.54) is 18.4 Å². The summed E-state index contributed by atoms with van der Waals surface area (Å²) in [5.74, 6) is 5.92. The highest BCUT2D eigenvalue weighted by molar-refractivity contribution is 5.14. The second-order valence-electron chi connectivity index (χ2n) is 3.54. The first kappa shape index (κ1) is 8.66. The van der Waals surface area contributed by atoms with Crippen LogP contribution in [0.2, 0.25) is 0 Å². The first-order valence-electron chi connectivity index (χ1n) is 4.79. The van der Waals surface area contributed by atoms with E-state index in [2.05, 4.69) is 11.1 Å². The van der Waals surface area contributed by atoms with E-state index in [9.17, 15) is 0 Å². The molecule has 0 aliphatic carbocycles. The lowest BCUT2D eigenvalue weighted by Crippen LogP contribution is -2.38. The Morgan fingerprint density at radius 3 is 3.08 bits per heavy atom. The minimum absolute atomic E-state index is 0.377. The molecule has 0 bridgehead atoms. The highest BCUT2D eigenvalue weighted by Gasteiger charge is 2.20. The van der Waals surface area contributed by atoms with Crippen molar-refractivity contribution >= 4 is 0 Å². The smallest absolute Gasteiger partial charge is 0.0505 e. The molecule has 13 heavy (non-hydrogen) atoms. The highest BCUT2D eigenvalue weighted by atomic mass is 15.4. The van der Waals surface area contributed by atoms with Crippen molar-refractivity contribution in [2.75, 3.05) is 6.54 Å². The zero-order valence-corrected chi connectivity index (χ0v) is 7.69. The maximum absolute atomic E-state index is 5.92. The molecule has 0 amide bonds. The monoisotopic (exact) mass is 177 g/mol. The average Bonchev–Trinajstić information content (AvgIpc) is 2.20. The molecule has 1 aromatic rings. The minimum atomic E-state index is 0.377. The lowest BCUT2D eigenvalue weighted by Gasteiger charge is -2.31. The summed E-state index contributed by atoms with van der Waals surface area (Å²) < 4.78 is 0. The summed E-state index contributed by atoms with van der Waals surface area (Å²) in [5, 5.41) is 1.93. The fourth-order valence-electron chi connectivity index (χ4n) is 1.88. The van der Waals surface area contributed by atoms with Crippen molar-refractivity contribution in [1.82, 2.24) is 9.99 Å². The molecule has 1 aromatic heterocycles. The van der Waals surface area contributed by atoms with Gasteiger partial charge in [0, 0.05) is 18.9 Å². The van der Waals surface area contributed by atoms with Gasteiger partial charge in [-0.2, -0.15) is 0 Å². The lowest BCUT2D eigenvalue weighted by molar-refractivity contribution is 0.151. The van der Waals surface area contributed by atoms with E-state index in [4.69, 9.17) is 5.84 Å². The fourth-order valence-corrected chi connectivity index (χ4v) is 1.88. The van der Waals surface area contributed by atoms with Crippen molar-refractivity contribution in [3.05, 3.63) is 30.1 Å². The van der Waals surface area contributed by atoms with Crippen molar-refractivity contribution in [3.8, 4) is 0 Å². The molecule has 2 rings (SSSR count). The first-order chi connectivity index (χ1) is 6.38. The zero-order valence-electron chi connectivity index (χ0n) is 7.69. The Balaban J connectivity index is 2.15. The van der Waals surface area contributed by atoms with Crippen LogP contribution in [0.4, 0.5) is 0 Å². The van der Waals surface area contributed by atoms with E-state index in [-0.39, 0.29) is 0 Å². The molecule has 1 fully saturated rings. The number of hydrogen-bond acceptors (Lipinski definition) is 3. The van der Waals surface area contributed by atoms with Crippen LogP contribution in [0.3, 0.4) is 0 Å². The van der Waals surface area contributed by atoms with Gasteiger partial charge in [0.05, 0.1) is 6.04 Å². The zero-order chi connectivity index (χ0) is 9.10. The molecule has 0 radical (unpaired) electrons. The largest absolute Gasteiger partial charge is 0.268 e. The number of hydrazine groups is 1. The summed E-state index contributed by atoms with van der Waals surface area (Å²) >= 11 is 0. The molecule has 1 atom stereocenters. The molecular formula is C10H15N3. The molecule has 70 valence electrons. The Labute approximate surface area is 78.5 Å². The number of rotatable bonds is 1. The summed E-state index contributed by atoms with van der Waals surface area (Å²) in [5.41, 5.74) is 1.24. The second-order valence-corrected chi connectivity index (χ2v) is 3.54. The van der Waals surface area contributed by atoms with Gasteiger partial charge in [-0.25, -0.2) is 5.01 Å². The number of nitrogens with two attached hydrogens (primary N) is 1. The van der Waals surface area contributed by atoms with Gasteiger partial charge in [0.1, 0.15) is 0 Å². The summed E-state index contributed by atoms with van der Waals surface area (Å²) in [6.07, 6.45) is 7.35. The Bertz CT molecular complexity index is 260. The second kappa shape index (κ2) is 3.85. The molecule has 0 aromatic carbocycles. The van der Waals surface area contributed by atoms with Crippen LogP contribution in [-0.2, 0) is 0 Å². The lowest BCUT2D eigenvalue weighted by atomic mass is 9.98. The van der Waals surface area contributed by atoms with Crippen LogP contribution in [0.5, 0.6) is 0 Å². The standard InChI is InChI=1S/C10H15N3/c11-13-7-2-1-5-10(13)9-4-3-6-12-8-9/h3-4,6,8,10H,1-2,5,7,11H2. The van der Waals surface area contributed by atoms with Crippen LogP contribution in [0.1, 0.15) is 30.9 Å². The summed E-state index contributed by atoms with van der Waals surface area (Å²) in [6.45, 7) is 1.000. The first-order valence-corrected chi connectivity index (χ1v) is 4.79. The number of nitrogens with zero attached hydrogens (tertiary/aromatic N) is 2. The van der Waals surface area contributed by atoms with E-state index in [0.717, 1.165) is 13.0 Å². The molecule has 1 saturated heterocycles. The molecule has 0 saturated carbocycles. The molecule has 3 nitrogen and oxygen atoms in total. The van der Waals surface area contributed by atoms with Crippen molar-refractivity contribution in [1.29, 1.82) is 0 Å². The third-order valence-corrected chi connectivity index (χ3v) is 2.61. The van der Waals surface area contributed by atoms with Gasteiger partial charge in [-0.1, -0.05) is 12.5 Å². The van der Waals surface area contributed by atoms with E-state index in [1.807, 2.05) is 17.3 Å². The van der Waals surface area contributed by atoms with E-state index >= 15 is 0 Å². The van der Waals surface area contributed by atoms with Gasteiger partial charge in [-0.3, -0.25) is 10.8 Å². The van der Waals surface area contributed by atoms with Crippen LogP contribution >= 0.6 is 0 Å². The van der Waals surface area contributed by atoms with Crippen molar-refractivity contribution in [2.45, 2.75) is 25.3 Å². The Morgan fingerprint density at radius 2 is 2.38 bits per heavy atom. The van der Waals surface area contributed by atoms with Crippen molar-refractivity contribution < 1.29 is 0 Å². The van der Waals surface area contributed by atoms with Gasteiger partial charge in [-0.05, 0) is 24.5 Å². The molecule has 3 heteroatoms. The van der Waals surface area contributed by atoms with E-state index < -0.39 is 0 Å². The number of piperidine rings is 1. The van der Waals surface area contributed by atoms with Crippen LogP contribution < -0.4 is 5.84 Å². The molecule has 1 aliphatic heterocycles. The van der Waals surface area contributed by atoms with Gasteiger partial charge in [-0.15, -0.1) is 0 Å². The Morgan fingerprint density at radius 1 is 1.46 bits per heavy atom. The van der Waals surface area contributed by atoms with Gasteiger partial charge in [0.2, 0.25) is 0 Å². The van der Waals surface area contributed by atoms with Gasteiger partial charge < -0.3 is 0 Å². The average molecular weight is 177 g/mol. The minimum Gasteiger partial charge on any atom is -0.268 e. The molecule has 2 heterocycles. The third kappa shape index (κ3) is 1.87. The number of hydrogen-bond donors (Lipinski definition) is 1. The van der Waals surface area contributed by atoms with Crippen molar-refractivity contribution in [2.24, 2.45) is 5.84 Å². The van der Waals surface area contributed by atoms with Crippen LogP contribution in [0.15, 0.2) is 24.5 Å². The normalized spacial score (nSPS) is 24.5. The quantitative estimate of drug-likeness (QED) is 0.661. The summed E-state index contributed by atoms with van der Waals surface area (Å²) in [4.78, 5) is 4.11. The Hall–Kier alpha value is -0.930. The predicted molar refractivity (Wildman–Crippen MR) is 51.7 cm³/mol. The van der Waals surface area contributed by atoms with E-state index in [1.54, 1.807) is 6.20 Å². The molecular weight excluding hydrogens is 162 g/mol. The van der Waals surface area contributed by atoms with Crippen molar-refractivity contribution in [3.63, 3.8) is 0 Å². The SMILES string of the molecule is NN1CCCCC1c1cccnc1. The maximum atomic E-state index is 5.92. The van der Waals surface area contributed by atoms with Gasteiger partial charge in [0.15, 0.2) is 0 Å². The molecule has 2 N–H and O–H groups in total. The molecule has 1 unspecified atom stereocenters. The topological polar surface area (TPSA) is 42.1 Å². The fraction of sp³-hybridized carbons (Fsp3) is 0.500. The maximum Gasteiger partial charge on any atom is 0.0505 e. The third-order valence-electron chi connectivity index (χ3n) is 2.61. The molecule has 0 spiro atoms. The summed E-state index contributed by atoms with van der Waals surface area (Å²) in [6, 6.07) is 4.45. The highest BCUT2D eigenvalue weighted by Crippen LogP contribution is 2.27. The van der Waals surface area contributed by atoms with Crippen LogP contribution in [0.25, 0.3) is 0 Å². The van der Waals surface area contributed by atoms with E-state index in [0.29, 0.717) is 6.04 Å². The summed E-state index contributed by atoms with van der Waals surface area (Å²) in [7, 11) is 0.